The number of nitrogens with one attached hydrogen (secondary N) is 1. The number of nitrogens with zero attached hydrogens (tertiary/aromatic N) is 1. The lowest BCUT2D eigenvalue weighted by atomic mass is 10.0. The van der Waals surface area contributed by atoms with Crippen molar-refractivity contribution in [2.24, 2.45) is 0 Å². The van der Waals surface area contributed by atoms with Crippen molar-refractivity contribution < 1.29 is 14.3 Å². The quantitative estimate of drug-likeness (QED) is 0.638. The molecule has 1 aliphatic rings. The van der Waals surface area contributed by atoms with Crippen LogP contribution in [0.3, 0.4) is 0 Å². The molecule has 1 aliphatic heterocycles. The molecular formula is C25H26N2O3. The van der Waals surface area contributed by atoms with Gasteiger partial charge in [0.05, 0.1) is 7.11 Å². The number of amides is 1. The number of ether oxygens (including phenoxy) is 2. The molecule has 1 N–H and O–H groups in total. The zero-order valence-electron chi connectivity index (χ0n) is 17.1. The Hall–Kier alpha value is -3.47. The number of anilines is 1. The summed E-state index contributed by atoms with van der Waals surface area (Å²) >= 11 is 0. The van der Waals surface area contributed by atoms with Crippen LogP contribution in [0.4, 0.5) is 5.69 Å². The van der Waals surface area contributed by atoms with Crippen LogP contribution in [0.25, 0.3) is 0 Å². The summed E-state index contributed by atoms with van der Waals surface area (Å²) in [5.74, 6) is 2.21. The second kappa shape index (κ2) is 9.35. The summed E-state index contributed by atoms with van der Waals surface area (Å²) in [6.07, 6.45) is 1.83. The van der Waals surface area contributed by atoms with Gasteiger partial charge in [-0.25, -0.2) is 0 Å². The van der Waals surface area contributed by atoms with Crippen LogP contribution in [-0.4, -0.2) is 32.1 Å². The Morgan fingerprint density at radius 3 is 2.27 bits per heavy atom. The van der Waals surface area contributed by atoms with E-state index in [1.165, 1.54) is 5.69 Å². The number of rotatable bonds is 6. The lowest BCUT2D eigenvalue weighted by molar-refractivity contribution is 0.0931. The maximum absolute atomic E-state index is 12.7. The molecule has 1 saturated heterocycles. The number of carbonyl (C=O) groups is 1. The highest BCUT2D eigenvalue weighted by atomic mass is 16.5. The van der Waals surface area contributed by atoms with Gasteiger partial charge in [-0.1, -0.05) is 24.3 Å². The maximum atomic E-state index is 12.7. The SMILES string of the molecule is COc1ccc(N2CCC(NC(=O)c3cccc(Oc4ccccc4)c3)CC2)cc1. The third-order valence-corrected chi connectivity index (χ3v) is 5.34. The van der Waals surface area contributed by atoms with E-state index in [0.717, 1.165) is 37.4 Å². The molecule has 3 aromatic carbocycles. The molecule has 154 valence electrons. The molecule has 0 radical (unpaired) electrons. The molecule has 0 saturated carbocycles. The Bertz CT molecular complexity index is 965. The van der Waals surface area contributed by atoms with Gasteiger partial charge in [-0.2, -0.15) is 0 Å². The number of para-hydroxylation sites is 1. The molecule has 0 spiro atoms. The summed E-state index contributed by atoms with van der Waals surface area (Å²) in [6, 6.07) is 25.2. The second-order valence-electron chi connectivity index (χ2n) is 7.38. The molecule has 1 fully saturated rings. The van der Waals surface area contributed by atoms with Gasteiger partial charge in [0, 0.05) is 30.4 Å². The van der Waals surface area contributed by atoms with E-state index in [2.05, 4.69) is 22.3 Å². The van der Waals surface area contributed by atoms with Gasteiger partial charge < -0.3 is 19.7 Å². The van der Waals surface area contributed by atoms with Crippen LogP contribution in [-0.2, 0) is 0 Å². The van der Waals surface area contributed by atoms with Crippen molar-refractivity contribution in [2.45, 2.75) is 18.9 Å². The van der Waals surface area contributed by atoms with Crippen molar-refractivity contribution in [1.82, 2.24) is 5.32 Å². The molecule has 0 atom stereocenters. The minimum atomic E-state index is -0.0589. The van der Waals surface area contributed by atoms with E-state index in [-0.39, 0.29) is 11.9 Å². The molecule has 0 aliphatic carbocycles. The van der Waals surface area contributed by atoms with Crippen molar-refractivity contribution in [2.75, 3.05) is 25.1 Å². The Morgan fingerprint density at radius 1 is 0.867 bits per heavy atom. The molecule has 4 rings (SSSR count). The number of piperidine rings is 1. The van der Waals surface area contributed by atoms with E-state index in [0.29, 0.717) is 11.3 Å². The van der Waals surface area contributed by atoms with Gasteiger partial charge in [0.15, 0.2) is 0 Å². The second-order valence-corrected chi connectivity index (χ2v) is 7.38. The lowest BCUT2D eigenvalue weighted by Gasteiger charge is -2.34. The maximum Gasteiger partial charge on any atom is 0.251 e. The standard InChI is InChI=1S/C25H26N2O3/c1-29-22-12-10-21(11-13-22)27-16-14-20(15-17-27)26-25(28)19-6-5-9-24(18-19)30-23-7-3-2-4-8-23/h2-13,18,20H,14-17H2,1H3,(H,26,28). The number of hydrogen-bond acceptors (Lipinski definition) is 4. The van der Waals surface area contributed by atoms with Crippen molar-refractivity contribution in [3.63, 3.8) is 0 Å². The third kappa shape index (κ3) is 4.92. The van der Waals surface area contributed by atoms with E-state index in [9.17, 15) is 4.79 Å². The predicted octanol–water partition coefficient (Wildman–Crippen LogP) is 4.89. The van der Waals surface area contributed by atoms with Crippen LogP contribution in [0.5, 0.6) is 17.2 Å². The molecule has 0 aromatic heterocycles. The van der Waals surface area contributed by atoms with Gasteiger partial charge in [-0.3, -0.25) is 4.79 Å². The smallest absolute Gasteiger partial charge is 0.251 e. The number of hydrogen-bond donors (Lipinski definition) is 1. The average Bonchev–Trinajstić information content (AvgIpc) is 2.80. The van der Waals surface area contributed by atoms with Gasteiger partial charge >= 0.3 is 0 Å². The Balaban J connectivity index is 1.32. The topological polar surface area (TPSA) is 50.8 Å². The van der Waals surface area contributed by atoms with Gasteiger partial charge in [-0.15, -0.1) is 0 Å². The number of carbonyl (C=O) groups excluding carboxylic acids is 1. The lowest BCUT2D eigenvalue weighted by Crippen LogP contribution is -2.44. The summed E-state index contributed by atoms with van der Waals surface area (Å²) in [5.41, 5.74) is 1.80. The minimum absolute atomic E-state index is 0.0589. The monoisotopic (exact) mass is 402 g/mol. The Morgan fingerprint density at radius 2 is 1.57 bits per heavy atom. The highest BCUT2D eigenvalue weighted by Gasteiger charge is 2.21. The minimum Gasteiger partial charge on any atom is -0.497 e. The summed E-state index contributed by atoms with van der Waals surface area (Å²) in [4.78, 5) is 15.1. The average molecular weight is 402 g/mol. The normalized spacial score (nSPS) is 14.2. The first-order valence-corrected chi connectivity index (χ1v) is 10.2. The molecule has 3 aromatic rings. The Kier molecular flexibility index (Phi) is 6.18. The molecule has 0 bridgehead atoms. The summed E-state index contributed by atoms with van der Waals surface area (Å²) in [7, 11) is 1.67. The first-order chi connectivity index (χ1) is 14.7. The van der Waals surface area contributed by atoms with Crippen LogP contribution in [0.2, 0.25) is 0 Å². The molecule has 5 nitrogen and oxygen atoms in total. The van der Waals surface area contributed by atoms with Crippen LogP contribution in [0, 0.1) is 0 Å². The fraction of sp³-hybridized carbons (Fsp3) is 0.240. The van der Waals surface area contributed by atoms with E-state index in [4.69, 9.17) is 9.47 Å². The third-order valence-electron chi connectivity index (χ3n) is 5.34. The van der Waals surface area contributed by atoms with Crippen LogP contribution in [0.1, 0.15) is 23.2 Å². The predicted molar refractivity (Wildman–Crippen MR) is 119 cm³/mol. The fourth-order valence-electron chi connectivity index (χ4n) is 3.67. The van der Waals surface area contributed by atoms with E-state index in [1.54, 1.807) is 13.2 Å². The van der Waals surface area contributed by atoms with Crippen LogP contribution in [0.15, 0.2) is 78.9 Å². The molecule has 5 heteroatoms. The number of benzene rings is 3. The van der Waals surface area contributed by atoms with Gasteiger partial charge in [0.1, 0.15) is 17.2 Å². The molecule has 1 amide bonds. The first kappa shape index (κ1) is 19.8. The zero-order chi connectivity index (χ0) is 20.8. The largest absolute Gasteiger partial charge is 0.497 e. The summed E-state index contributed by atoms with van der Waals surface area (Å²) in [5, 5.41) is 3.18. The van der Waals surface area contributed by atoms with Crippen LogP contribution < -0.4 is 19.7 Å². The van der Waals surface area contributed by atoms with Crippen molar-refractivity contribution in [1.29, 1.82) is 0 Å². The Labute approximate surface area is 177 Å². The van der Waals surface area contributed by atoms with Crippen molar-refractivity contribution in [3.05, 3.63) is 84.4 Å². The van der Waals surface area contributed by atoms with Crippen molar-refractivity contribution in [3.8, 4) is 17.2 Å². The fourth-order valence-corrected chi connectivity index (χ4v) is 3.67. The highest BCUT2D eigenvalue weighted by molar-refractivity contribution is 5.94. The van der Waals surface area contributed by atoms with Crippen molar-refractivity contribution >= 4 is 11.6 Å². The van der Waals surface area contributed by atoms with Gasteiger partial charge in [0.25, 0.3) is 5.91 Å². The first-order valence-electron chi connectivity index (χ1n) is 10.2. The van der Waals surface area contributed by atoms with Gasteiger partial charge in [0.2, 0.25) is 0 Å². The van der Waals surface area contributed by atoms with Crippen LogP contribution >= 0.6 is 0 Å². The van der Waals surface area contributed by atoms with E-state index >= 15 is 0 Å². The molecule has 1 heterocycles. The number of methoxy groups -OCH3 is 1. The molecule has 0 unspecified atom stereocenters. The molecule has 30 heavy (non-hydrogen) atoms. The van der Waals surface area contributed by atoms with Gasteiger partial charge in [-0.05, 0) is 67.4 Å². The highest BCUT2D eigenvalue weighted by Crippen LogP contribution is 2.24. The summed E-state index contributed by atoms with van der Waals surface area (Å²) < 4.78 is 11.1. The zero-order valence-corrected chi connectivity index (χ0v) is 17.1. The van der Waals surface area contributed by atoms with E-state index < -0.39 is 0 Å². The molecular weight excluding hydrogens is 376 g/mol. The summed E-state index contributed by atoms with van der Waals surface area (Å²) in [6.45, 7) is 1.82. The van der Waals surface area contributed by atoms with E-state index in [1.807, 2.05) is 60.7 Å².